The lowest BCUT2D eigenvalue weighted by atomic mass is 10.0. The minimum atomic E-state index is -0.284. The Labute approximate surface area is 199 Å². The summed E-state index contributed by atoms with van der Waals surface area (Å²) in [6.45, 7) is 2.09. The van der Waals surface area contributed by atoms with Gasteiger partial charge in [0, 0.05) is 17.6 Å². The number of carbonyl (C=O) groups is 1. The first-order valence-electron chi connectivity index (χ1n) is 10.6. The highest BCUT2D eigenvalue weighted by molar-refractivity contribution is 6.30. The van der Waals surface area contributed by atoms with Crippen LogP contribution in [0.2, 0.25) is 5.02 Å². The number of nitrogens with one attached hydrogen (secondary N) is 1. The van der Waals surface area contributed by atoms with E-state index in [0.29, 0.717) is 51.1 Å². The zero-order valence-electron chi connectivity index (χ0n) is 18.2. The van der Waals surface area contributed by atoms with Gasteiger partial charge in [-0.1, -0.05) is 29.8 Å². The summed E-state index contributed by atoms with van der Waals surface area (Å²) in [7, 11) is 0. The number of amides is 1. The smallest absolute Gasteiger partial charge is 0.258 e. The van der Waals surface area contributed by atoms with Crippen molar-refractivity contribution in [2.45, 2.75) is 13.5 Å². The van der Waals surface area contributed by atoms with Crippen LogP contribution in [0, 0.1) is 6.92 Å². The molecule has 7 nitrogen and oxygen atoms in total. The summed E-state index contributed by atoms with van der Waals surface area (Å²) >= 11 is 5.96. The van der Waals surface area contributed by atoms with Crippen molar-refractivity contribution in [3.8, 4) is 28.4 Å². The maximum Gasteiger partial charge on any atom is 0.258 e. The third-order valence-corrected chi connectivity index (χ3v) is 5.72. The summed E-state index contributed by atoms with van der Waals surface area (Å²) in [5, 5.41) is 3.82. The summed E-state index contributed by atoms with van der Waals surface area (Å²) in [5.41, 5.74) is 2.35. The number of benzene rings is 3. The second-order valence-electron chi connectivity index (χ2n) is 7.78. The minimum Gasteiger partial charge on any atom is -0.484 e. The van der Waals surface area contributed by atoms with Crippen molar-refractivity contribution in [1.82, 2.24) is 5.32 Å². The molecule has 1 N–H and O–H groups in total. The number of ether oxygens (including phenoxy) is 3. The molecule has 8 heteroatoms. The number of carbonyl (C=O) groups excluding carboxylic acids is 1. The monoisotopic (exact) mass is 477 g/mol. The summed E-state index contributed by atoms with van der Waals surface area (Å²) < 4.78 is 22.2. The Bertz CT molecular complexity index is 1440. The van der Waals surface area contributed by atoms with Crippen LogP contribution in [0.1, 0.15) is 11.3 Å². The van der Waals surface area contributed by atoms with Gasteiger partial charge in [0.25, 0.3) is 5.91 Å². The molecule has 0 bridgehead atoms. The van der Waals surface area contributed by atoms with Gasteiger partial charge in [-0.05, 0) is 54.4 Å². The molecule has 0 saturated heterocycles. The summed E-state index contributed by atoms with van der Waals surface area (Å²) in [4.78, 5) is 25.3. The molecule has 0 atom stereocenters. The van der Waals surface area contributed by atoms with Crippen molar-refractivity contribution in [3.05, 3.63) is 87.2 Å². The number of aryl methyl sites for hydroxylation is 1. The first kappa shape index (κ1) is 21.9. The Balaban J connectivity index is 1.26. The van der Waals surface area contributed by atoms with Gasteiger partial charge in [-0.25, -0.2) is 0 Å². The standard InChI is InChI=1S/C26H20ClNO6/c1-15-25(17-3-5-18(27)6-4-17)26(30)20-8-7-19(11-22(20)34-15)31-13-24(29)28-12-16-2-9-21-23(10-16)33-14-32-21/h2-11H,12-14H2,1H3,(H,28,29). The van der Waals surface area contributed by atoms with Crippen LogP contribution < -0.4 is 25.0 Å². The van der Waals surface area contributed by atoms with E-state index in [9.17, 15) is 9.59 Å². The van der Waals surface area contributed by atoms with E-state index < -0.39 is 0 Å². The van der Waals surface area contributed by atoms with Crippen LogP contribution in [0.15, 0.2) is 69.9 Å². The van der Waals surface area contributed by atoms with E-state index in [0.717, 1.165) is 11.1 Å². The van der Waals surface area contributed by atoms with Gasteiger partial charge in [-0.2, -0.15) is 0 Å². The van der Waals surface area contributed by atoms with E-state index in [1.54, 1.807) is 49.4 Å². The molecule has 0 radical (unpaired) electrons. The zero-order chi connectivity index (χ0) is 23.7. The van der Waals surface area contributed by atoms with E-state index >= 15 is 0 Å². The highest BCUT2D eigenvalue weighted by Crippen LogP contribution is 2.32. The molecule has 0 unspecified atom stereocenters. The van der Waals surface area contributed by atoms with Gasteiger partial charge >= 0.3 is 0 Å². The van der Waals surface area contributed by atoms with Crippen LogP contribution in [0.5, 0.6) is 17.2 Å². The quantitative estimate of drug-likeness (QED) is 0.427. The predicted octanol–water partition coefficient (Wildman–Crippen LogP) is 4.85. The number of halogens is 1. The van der Waals surface area contributed by atoms with Crippen molar-refractivity contribution in [1.29, 1.82) is 0 Å². The maximum atomic E-state index is 13.1. The number of hydrogen-bond donors (Lipinski definition) is 1. The average molecular weight is 478 g/mol. The van der Waals surface area contributed by atoms with Gasteiger partial charge in [-0.15, -0.1) is 0 Å². The van der Waals surface area contributed by atoms with Gasteiger partial charge < -0.3 is 23.9 Å². The fourth-order valence-corrected chi connectivity index (χ4v) is 3.90. The molecule has 1 aliphatic rings. The molecule has 1 aliphatic heterocycles. The first-order valence-corrected chi connectivity index (χ1v) is 11.0. The van der Waals surface area contributed by atoms with Crippen LogP contribution in [0.3, 0.4) is 0 Å². The SMILES string of the molecule is Cc1oc2cc(OCC(=O)NCc3ccc4c(c3)OCO4)ccc2c(=O)c1-c1ccc(Cl)cc1. The van der Waals surface area contributed by atoms with Crippen molar-refractivity contribution < 1.29 is 23.4 Å². The Hall–Kier alpha value is -3.97. The number of rotatable bonds is 6. The Kier molecular flexibility index (Phi) is 5.86. The third-order valence-electron chi connectivity index (χ3n) is 5.47. The Morgan fingerprint density at radius 3 is 2.65 bits per heavy atom. The molecular weight excluding hydrogens is 458 g/mol. The largest absolute Gasteiger partial charge is 0.484 e. The fourth-order valence-electron chi connectivity index (χ4n) is 3.78. The summed E-state index contributed by atoms with van der Waals surface area (Å²) in [5.74, 6) is 1.98. The van der Waals surface area contributed by atoms with Gasteiger partial charge in [0.15, 0.2) is 18.1 Å². The normalized spacial score (nSPS) is 12.1. The molecule has 0 spiro atoms. The van der Waals surface area contributed by atoms with Crippen LogP contribution in [0.4, 0.5) is 0 Å². The topological polar surface area (TPSA) is 87.0 Å². The molecule has 0 saturated carbocycles. The van der Waals surface area contributed by atoms with E-state index in [4.69, 9.17) is 30.2 Å². The molecule has 172 valence electrons. The predicted molar refractivity (Wildman–Crippen MR) is 128 cm³/mol. The van der Waals surface area contributed by atoms with Crippen LogP contribution in [0.25, 0.3) is 22.1 Å². The van der Waals surface area contributed by atoms with E-state index in [2.05, 4.69) is 5.32 Å². The lowest BCUT2D eigenvalue weighted by Crippen LogP contribution is -2.28. The van der Waals surface area contributed by atoms with Gasteiger partial charge in [-0.3, -0.25) is 9.59 Å². The Morgan fingerprint density at radius 2 is 1.82 bits per heavy atom. The molecule has 5 rings (SSSR count). The summed E-state index contributed by atoms with van der Waals surface area (Å²) in [6.07, 6.45) is 0. The van der Waals surface area contributed by atoms with Gasteiger partial charge in [0.1, 0.15) is 17.1 Å². The average Bonchev–Trinajstić information content (AvgIpc) is 3.30. The second kappa shape index (κ2) is 9.11. The van der Waals surface area contributed by atoms with Gasteiger partial charge in [0.05, 0.1) is 10.9 Å². The molecule has 2 heterocycles. The van der Waals surface area contributed by atoms with Gasteiger partial charge in [0.2, 0.25) is 12.2 Å². The lowest BCUT2D eigenvalue weighted by molar-refractivity contribution is -0.123. The molecule has 0 fully saturated rings. The third kappa shape index (κ3) is 4.43. The molecule has 0 aliphatic carbocycles. The minimum absolute atomic E-state index is 0.144. The number of hydrogen-bond acceptors (Lipinski definition) is 6. The Morgan fingerprint density at radius 1 is 1.03 bits per heavy atom. The van der Waals surface area contributed by atoms with Crippen LogP contribution >= 0.6 is 11.6 Å². The maximum absolute atomic E-state index is 13.1. The fraction of sp³-hybridized carbons (Fsp3) is 0.154. The summed E-state index contributed by atoms with van der Waals surface area (Å²) in [6, 6.07) is 17.4. The van der Waals surface area contributed by atoms with Crippen LogP contribution in [-0.4, -0.2) is 19.3 Å². The molecule has 4 aromatic rings. The van der Waals surface area contributed by atoms with Crippen molar-refractivity contribution in [3.63, 3.8) is 0 Å². The number of fused-ring (bicyclic) bond motifs is 2. The van der Waals surface area contributed by atoms with Crippen molar-refractivity contribution in [2.24, 2.45) is 0 Å². The highest BCUT2D eigenvalue weighted by Gasteiger charge is 2.15. The molecule has 3 aromatic carbocycles. The lowest BCUT2D eigenvalue weighted by Gasteiger charge is -2.10. The molecule has 1 amide bonds. The van der Waals surface area contributed by atoms with E-state index in [1.807, 2.05) is 18.2 Å². The zero-order valence-corrected chi connectivity index (χ0v) is 19.0. The molecule has 34 heavy (non-hydrogen) atoms. The first-order chi connectivity index (χ1) is 16.5. The van der Waals surface area contributed by atoms with E-state index in [1.165, 1.54) is 0 Å². The van der Waals surface area contributed by atoms with Crippen molar-refractivity contribution in [2.75, 3.05) is 13.4 Å². The highest BCUT2D eigenvalue weighted by atomic mass is 35.5. The van der Waals surface area contributed by atoms with Crippen LogP contribution in [-0.2, 0) is 11.3 Å². The van der Waals surface area contributed by atoms with E-state index in [-0.39, 0.29) is 24.7 Å². The molecular formula is C26H20ClNO6. The second-order valence-corrected chi connectivity index (χ2v) is 8.22. The molecule has 1 aromatic heterocycles. The van der Waals surface area contributed by atoms with Crippen molar-refractivity contribution >= 4 is 28.5 Å².